The van der Waals surface area contributed by atoms with Crippen molar-refractivity contribution in [2.24, 2.45) is 5.92 Å². The van der Waals surface area contributed by atoms with Crippen molar-refractivity contribution in [3.05, 3.63) is 11.7 Å². The SMILES string of the molecule is Cc1noc([C@@H]2CCCCN2C(=O)CCC2CCCCC2)n1. The lowest BCUT2D eigenvalue weighted by atomic mass is 9.86. The Morgan fingerprint density at radius 3 is 2.68 bits per heavy atom. The molecule has 1 saturated carbocycles. The van der Waals surface area contributed by atoms with E-state index in [1.807, 2.05) is 11.8 Å². The third-order valence-corrected chi connectivity index (χ3v) is 5.14. The molecular formula is C17H27N3O2. The van der Waals surface area contributed by atoms with Crippen LogP contribution in [-0.4, -0.2) is 27.5 Å². The molecule has 22 heavy (non-hydrogen) atoms. The summed E-state index contributed by atoms with van der Waals surface area (Å²) >= 11 is 0. The van der Waals surface area contributed by atoms with E-state index in [0.29, 0.717) is 18.1 Å². The number of amides is 1. The minimum Gasteiger partial charge on any atom is -0.337 e. The van der Waals surface area contributed by atoms with Crippen LogP contribution in [0.4, 0.5) is 0 Å². The molecule has 5 nitrogen and oxygen atoms in total. The van der Waals surface area contributed by atoms with Gasteiger partial charge in [0, 0.05) is 13.0 Å². The first-order valence-electron chi connectivity index (χ1n) is 8.83. The van der Waals surface area contributed by atoms with Crippen LogP contribution in [0.25, 0.3) is 0 Å². The zero-order valence-corrected chi connectivity index (χ0v) is 13.6. The third-order valence-electron chi connectivity index (χ3n) is 5.14. The summed E-state index contributed by atoms with van der Waals surface area (Å²) in [6, 6.07) is -0.00574. The minimum absolute atomic E-state index is 0.00574. The fraction of sp³-hybridized carbons (Fsp3) is 0.824. The van der Waals surface area contributed by atoms with E-state index in [4.69, 9.17) is 4.52 Å². The van der Waals surface area contributed by atoms with E-state index in [1.165, 1.54) is 32.1 Å². The standard InChI is InChI=1S/C17H27N3O2/c1-13-18-17(22-19-13)15-9-5-6-12-20(15)16(21)11-10-14-7-3-2-4-8-14/h14-15H,2-12H2,1H3/t15-/m0/s1. The molecule has 0 spiro atoms. The molecule has 2 fully saturated rings. The van der Waals surface area contributed by atoms with Crippen molar-refractivity contribution in [3.63, 3.8) is 0 Å². The molecule has 1 saturated heterocycles. The van der Waals surface area contributed by atoms with Crippen molar-refractivity contribution in [1.82, 2.24) is 15.0 Å². The van der Waals surface area contributed by atoms with Crippen LogP contribution < -0.4 is 0 Å². The molecule has 0 unspecified atom stereocenters. The number of aryl methyl sites for hydroxylation is 1. The van der Waals surface area contributed by atoms with Crippen LogP contribution in [0.5, 0.6) is 0 Å². The van der Waals surface area contributed by atoms with Gasteiger partial charge in [-0.3, -0.25) is 4.79 Å². The van der Waals surface area contributed by atoms with Crippen molar-refractivity contribution in [2.45, 2.75) is 77.2 Å². The summed E-state index contributed by atoms with van der Waals surface area (Å²) in [7, 11) is 0. The second kappa shape index (κ2) is 7.25. The average molecular weight is 305 g/mol. The second-order valence-corrected chi connectivity index (χ2v) is 6.82. The minimum atomic E-state index is -0.00574. The summed E-state index contributed by atoms with van der Waals surface area (Å²) < 4.78 is 5.32. The third kappa shape index (κ3) is 3.68. The van der Waals surface area contributed by atoms with E-state index in [9.17, 15) is 4.79 Å². The monoisotopic (exact) mass is 305 g/mol. The Hall–Kier alpha value is -1.39. The average Bonchev–Trinajstić information content (AvgIpc) is 3.00. The van der Waals surface area contributed by atoms with Crippen LogP contribution >= 0.6 is 0 Å². The van der Waals surface area contributed by atoms with Crippen LogP contribution in [0, 0.1) is 12.8 Å². The van der Waals surface area contributed by atoms with Crippen molar-refractivity contribution in [1.29, 1.82) is 0 Å². The van der Waals surface area contributed by atoms with Gasteiger partial charge in [-0.05, 0) is 38.5 Å². The number of hydrogen-bond donors (Lipinski definition) is 0. The number of likely N-dealkylation sites (tertiary alicyclic amines) is 1. The molecule has 1 aliphatic carbocycles. The van der Waals surface area contributed by atoms with Gasteiger partial charge in [-0.1, -0.05) is 37.3 Å². The first-order valence-corrected chi connectivity index (χ1v) is 8.83. The van der Waals surface area contributed by atoms with Crippen LogP contribution in [-0.2, 0) is 4.79 Å². The van der Waals surface area contributed by atoms with Crippen LogP contribution in [0.3, 0.4) is 0 Å². The molecule has 0 aromatic carbocycles. The highest BCUT2D eigenvalue weighted by Gasteiger charge is 2.31. The maximum atomic E-state index is 12.7. The topological polar surface area (TPSA) is 59.2 Å². The fourth-order valence-corrected chi connectivity index (χ4v) is 3.88. The summed E-state index contributed by atoms with van der Waals surface area (Å²) in [6.45, 7) is 2.65. The number of aromatic nitrogens is 2. The Kier molecular flexibility index (Phi) is 5.11. The van der Waals surface area contributed by atoms with Gasteiger partial charge >= 0.3 is 0 Å². The van der Waals surface area contributed by atoms with Crippen molar-refractivity contribution in [3.8, 4) is 0 Å². The summed E-state index contributed by atoms with van der Waals surface area (Å²) in [5.41, 5.74) is 0. The molecule has 2 aliphatic rings. The fourth-order valence-electron chi connectivity index (χ4n) is 3.88. The molecule has 1 amide bonds. The van der Waals surface area contributed by atoms with Crippen LogP contribution in [0.1, 0.15) is 82.0 Å². The lowest BCUT2D eigenvalue weighted by Crippen LogP contribution is -2.38. The predicted octanol–water partition coefficient (Wildman–Crippen LogP) is 3.79. The molecule has 0 radical (unpaired) electrons. The normalized spacial score (nSPS) is 23.7. The number of nitrogens with zero attached hydrogens (tertiary/aromatic N) is 3. The van der Waals surface area contributed by atoms with Gasteiger partial charge in [0.05, 0.1) is 0 Å². The second-order valence-electron chi connectivity index (χ2n) is 6.82. The van der Waals surface area contributed by atoms with Crippen molar-refractivity contribution in [2.75, 3.05) is 6.54 Å². The summed E-state index contributed by atoms with van der Waals surface area (Å²) in [5.74, 6) is 2.29. The maximum absolute atomic E-state index is 12.7. The molecule has 0 N–H and O–H groups in total. The molecule has 1 atom stereocenters. The van der Waals surface area contributed by atoms with E-state index in [2.05, 4.69) is 10.1 Å². The summed E-state index contributed by atoms with van der Waals surface area (Å²) in [6.07, 6.45) is 11.5. The molecular weight excluding hydrogens is 278 g/mol. The number of hydrogen-bond acceptors (Lipinski definition) is 4. The lowest BCUT2D eigenvalue weighted by Gasteiger charge is -2.34. The predicted molar refractivity (Wildman–Crippen MR) is 83.1 cm³/mol. The van der Waals surface area contributed by atoms with Gasteiger partial charge in [-0.2, -0.15) is 4.98 Å². The molecule has 1 aromatic rings. The number of carbonyl (C=O) groups is 1. The highest BCUT2D eigenvalue weighted by Crippen LogP contribution is 2.32. The Balaban J connectivity index is 1.58. The Labute approximate surface area is 132 Å². The van der Waals surface area contributed by atoms with E-state index < -0.39 is 0 Å². The lowest BCUT2D eigenvalue weighted by molar-refractivity contribution is -0.136. The molecule has 122 valence electrons. The van der Waals surface area contributed by atoms with Gasteiger partial charge in [0.1, 0.15) is 6.04 Å². The summed E-state index contributed by atoms with van der Waals surface area (Å²) in [4.78, 5) is 19.0. The zero-order chi connectivity index (χ0) is 15.4. The molecule has 5 heteroatoms. The van der Waals surface area contributed by atoms with Gasteiger partial charge in [0.15, 0.2) is 5.82 Å². The number of carbonyl (C=O) groups excluding carboxylic acids is 1. The molecule has 1 aliphatic heterocycles. The van der Waals surface area contributed by atoms with Gasteiger partial charge in [0.25, 0.3) is 0 Å². The smallest absolute Gasteiger partial charge is 0.249 e. The van der Waals surface area contributed by atoms with Gasteiger partial charge in [-0.25, -0.2) is 0 Å². The van der Waals surface area contributed by atoms with Crippen LogP contribution in [0.2, 0.25) is 0 Å². The van der Waals surface area contributed by atoms with E-state index >= 15 is 0 Å². The maximum Gasteiger partial charge on any atom is 0.249 e. The first kappa shape index (κ1) is 15.5. The summed E-state index contributed by atoms with van der Waals surface area (Å²) in [5, 5.41) is 3.88. The quantitative estimate of drug-likeness (QED) is 0.849. The molecule has 0 bridgehead atoms. The van der Waals surface area contributed by atoms with Gasteiger partial charge in [0.2, 0.25) is 11.8 Å². The Morgan fingerprint density at radius 2 is 1.95 bits per heavy atom. The van der Waals surface area contributed by atoms with Crippen LogP contribution in [0.15, 0.2) is 4.52 Å². The van der Waals surface area contributed by atoms with Gasteiger partial charge in [-0.15, -0.1) is 0 Å². The Bertz CT molecular complexity index is 494. The molecule has 2 heterocycles. The number of piperidine rings is 1. The highest BCUT2D eigenvalue weighted by molar-refractivity contribution is 5.76. The highest BCUT2D eigenvalue weighted by atomic mass is 16.5. The van der Waals surface area contributed by atoms with E-state index in [-0.39, 0.29) is 11.9 Å². The van der Waals surface area contributed by atoms with Crippen molar-refractivity contribution >= 4 is 5.91 Å². The molecule has 1 aromatic heterocycles. The first-order chi connectivity index (χ1) is 10.7. The number of rotatable bonds is 4. The largest absolute Gasteiger partial charge is 0.337 e. The van der Waals surface area contributed by atoms with Crippen molar-refractivity contribution < 1.29 is 9.32 Å². The van der Waals surface area contributed by atoms with Gasteiger partial charge < -0.3 is 9.42 Å². The van der Waals surface area contributed by atoms with E-state index in [0.717, 1.165) is 38.1 Å². The molecule has 3 rings (SSSR count). The Morgan fingerprint density at radius 1 is 1.18 bits per heavy atom. The zero-order valence-electron chi connectivity index (χ0n) is 13.6. The van der Waals surface area contributed by atoms with E-state index in [1.54, 1.807) is 0 Å².